The summed E-state index contributed by atoms with van der Waals surface area (Å²) in [7, 11) is 11.0. The summed E-state index contributed by atoms with van der Waals surface area (Å²) in [5.74, 6) is 2.24. The van der Waals surface area contributed by atoms with Gasteiger partial charge in [-0.15, -0.1) is 24.0 Å². The van der Waals surface area contributed by atoms with Crippen molar-refractivity contribution >= 4 is 29.9 Å². The molecular formula is C15H27IN4O2. The van der Waals surface area contributed by atoms with Crippen LogP contribution in [0.15, 0.2) is 23.2 Å². The Kier molecular flexibility index (Phi) is 9.91. The monoisotopic (exact) mass is 422 g/mol. The third-order valence-corrected chi connectivity index (χ3v) is 3.34. The number of nitrogens with one attached hydrogen (secondary N) is 2. The van der Waals surface area contributed by atoms with E-state index >= 15 is 0 Å². The second-order valence-electron chi connectivity index (χ2n) is 4.80. The maximum atomic E-state index is 5.37. The van der Waals surface area contributed by atoms with E-state index < -0.39 is 0 Å². The van der Waals surface area contributed by atoms with Crippen molar-refractivity contribution in [1.29, 1.82) is 0 Å². The van der Waals surface area contributed by atoms with Gasteiger partial charge in [-0.2, -0.15) is 0 Å². The zero-order chi connectivity index (χ0) is 15.8. The average molecular weight is 422 g/mol. The maximum absolute atomic E-state index is 5.37. The molecule has 0 fully saturated rings. The first-order valence-electron chi connectivity index (χ1n) is 6.84. The van der Waals surface area contributed by atoms with Crippen LogP contribution in [0.1, 0.15) is 11.6 Å². The molecule has 0 aliphatic heterocycles. The van der Waals surface area contributed by atoms with Gasteiger partial charge in [0.2, 0.25) is 0 Å². The molecule has 0 aliphatic carbocycles. The number of rotatable bonds is 6. The number of halogens is 1. The molecular weight excluding hydrogens is 395 g/mol. The molecule has 2 N–H and O–H groups in total. The zero-order valence-electron chi connectivity index (χ0n) is 14.1. The summed E-state index contributed by atoms with van der Waals surface area (Å²) in [4.78, 5) is 6.27. The van der Waals surface area contributed by atoms with E-state index in [0.29, 0.717) is 0 Å². The van der Waals surface area contributed by atoms with E-state index in [2.05, 4.69) is 26.6 Å². The lowest BCUT2D eigenvalue weighted by atomic mass is 10.1. The quantitative estimate of drug-likeness (QED) is 0.416. The van der Waals surface area contributed by atoms with Gasteiger partial charge in [-0.05, 0) is 31.8 Å². The van der Waals surface area contributed by atoms with Crippen molar-refractivity contribution in [2.75, 3.05) is 49.0 Å². The molecule has 0 radical (unpaired) electrons. The van der Waals surface area contributed by atoms with Crippen LogP contribution in [0.25, 0.3) is 0 Å². The molecule has 0 saturated carbocycles. The summed E-state index contributed by atoms with van der Waals surface area (Å²) in [6, 6.07) is 6.18. The highest BCUT2D eigenvalue weighted by Crippen LogP contribution is 2.31. The summed E-state index contributed by atoms with van der Waals surface area (Å²) >= 11 is 0. The fourth-order valence-corrected chi connectivity index (χ4v) is 2.13. The standard InChI is InChI=1S/C15H26N4O2.HI/c1-16-15(17-2)18-10-12(19(3)4)11-7-8-13(20-5)14(9-11)21-6;/h7-9,12H,10H2,1-6H3,(H2,16,17,18);1H. The molecule has 0 aromatic heterocycles. The average Bonchev–Trinajstić information content (AvgIpc) is 2.50. The number of ether oxygens (including phenoxy) is 2. The number of hydrogen-bond donors (Lipinski definition) is 2. The summed E-state index contributed by atoms with van der Waals surface area (Å²) in [6.07, 6.45) is 0. The van der Waals surface area contributed by atoms with Crippen LogP contribution in [0.4, 0.5) is 0 Å². The molecule has 6 nitrogen and oxygen atoms in total. The lowest BCUT2D eigenvalue weighted by molar-refractivity contribution is 0.296. The number of benzene rings is 1. The molecule has 0 saturated heterocycles. The van der Waals surface area contributed by atoms with Gasteiger partial charge in [0.1, 0.15) is 0 Å². The minimum atomic E-state index is 0. The fourth-order valence-electron chi connectivity index (χ4n) is 2.13. The van der Waals surface area contributed by atoms with Gasteiger partial charge in [0.15, 0.2) is 17.5 Å². The molecule has 1 rings (SSSR count). The van der Waals surface area contributed by atoms with Crippen molar-refractivity contribution in [2.45, 2.75) is 6.04 Å². The van der Waals surface area contributed by atoms with Crippen LogP contribution in [0, 0.1) is 0 Å². The van der Waals surface area contributed by atoms with Gasteiger partial charge in [-0.3, -0.25) is 4.99 Å². The van der Waals surface area contributed by atoms with Gasteiger partial charge >= 0.3 is 0 Å². The Morgan fingerprint density at radius 3 is 2.32 bits per heavy atom. The molecule has 22 heavy (non-hydrogen) atoms. The number of likely N-dealkylation sites (N-methyl/N-ethyl adjacent to an activating group) is 1. The minimum absolute atomic E-state index is 0. The highest BCUT2D eigenvalue weighted by Gasteiger charge is 2.16. The number of aliphatic imine (C=N–C) groups is 1. The van der Waals surface area contributed by atoms with Crippen LogP contribution in [-0.4, -0.2) is 59.8 Å². The van der Waals surface area contributed by atoms with Crippen molar-refractivity contribution in [1.82, 2.24) is 15.5 Å². The molecule has 0 bridgehead atoms. The van der Waals surface area contributed by atoms with Crippen molar-refractivity contribution in [3.05, 3.63) is 23.8 Å². The first kappa shape index (κ1) is 20.8. The van der Waals surface area contributed by atoms with Crippen molar-refractivity contribution in [2.24, 2.45) is 4.99 Å². The van der Waals surface area contributed by atoms with E-state index in [4.69, 9.17) is 9.47 Å². The lowest BCUT2D eigenvalue weighted by Gasteiger charge is -2.26. The molecule has 0 heterocycles. The van der Waals surface area contributed by atoms with Gasteiger partial charge in [-0.25, -0.2) is 0 Å². The van der Waals surface area contributed by atoms with Crippen LogP contribution in [-0.2, 0) is 0 Å². The summed E-state index contributed by atoms with van der Waals surface area (Å²) in [6.45, 7) is 0.732. The van der Waals surface area contributed by atoms with E-state index in [9.17, 15) is 0 Å². The van der Waals surface area contributed by atoms with E-state index in [-0.39, 0.29) is 30.0 Å². The third kappa shape index (κ3) is 5.53. The summed E-state index contributed by atoms with van der Waals surface area (Å²) in [5, 5.41) is 6.30. The van der Waals surface area contributed by atoms with Crippen LogP contribution in [0.3, 0.4) is 0 Å². The molecule has 1 aromatic rings. The van der Waals surface area contributed by atoms with Crippen molar-refractivity contribution in [3.8, 4) is 11.5 Å². The predicted molar refractivity (Wildman–Crippen MR) is 102 cm³/mol. The Bertz CT molecular complexity index is 481. The van der Waals surface area contributed by atoms with Crippen molar-refractivity contribution < 1.29 is 9.47 Å². The second-order valence-corrected chi connectivity index (χ2v) is 4.80. The van der Waals surface area contributed by atoms with Gasteiger partial charge in [-0.1, -0.05) is 6.07 Å². The van der Waals surface area contributed by atoms with E-state index in [1.807, 2.05) is 33.3 Å². The molecule has 1 atom stereocenters. The Labute approximate surface area is 150 Å². The molecule has 7 heteroatoms. The highest BCUT2D eigenvalue weighted by atomic mass is 127. The number of methoxy groups -OCH3 is 2. The summed E-state index contributed by atoms with van der Waals surface area (Å²) < 4.78 is 10.7. The molecule has 0 aliphatic rings. The van der Waals surface area contributed by atoms with Crippen molar-refractivity contribution in [3.63, 3.8) is 0 Å². The van der Waals surface area contributed by atoms with Crippen LogP contribution < -0.4 is 20.1 Å². The molecule has 1 aromatic carbocycles. The minimum Gasteiger partial charge on any atom is -0.493 e. The Morgan fingerprint density at radius 2 is 1.86 bits per heavy atom. The highest BCUT2D eigenvalue weighted by molar-refractivity contribution is 14.0. The lowest BCUT2D eigenvalue weighted by Crippen LogP contribution is -2.40. The largest absolute Gasteiger partial charge is 0.493 e. The Morgan fingerprint density at radius 1 is 1.23 bits per heavy atom. The van der Waals surface area contributed by atoms with E-state index in [1.54, 1.807) is 21.3 Å². The normalized spacial score (nSPS) is 12.4. The maximum Gasteiger partial charge on any atom is 0.190 e. The van der Waals surface area contributed by atoms with Gasteiger partial charge in [0.25, 0.3) is 0 Å². The van der Waals surface area contributed by atoms with Gasteiger partial charge in [0, 0.05) is 20.6 Å². The smallest absolute Gasteiger partial charge is 0.190 e. The zero-order valence-corrected chi connectivity index (χ0v) is 16.5. The SMILES string of the molecule is CN=C(NC)NCC(c1ccc(OC)c(OC)c1)N(C)C.I. The first-order valence-corrected chi connectivity index (χ1v) is 6.84. The van der Waals surface area contributed by atoms with E-state index in [1.165, 1.54) is 0 Å². The second kappa shape index (κ2) is 10.5. The van der Waals surface area contributed by atoms with Crippen LogP contribution in [0.2, 0.25) is 0 Å². The summed E-state index contributed by atoms with van der Waals surface area (Å²) in [5.41, 5.74) is 1.15. The Balaban J connectivity index is 0.00000441. The fraction of sp³-hybridized carbons (Fsp3) is 0.533. The van der Waals surface area contributed by atoms with Crippen LogP contribution >= 0.6 is 24.0 Å². The van der Waals surface area contributed by atoms with Gasteiger partial charge < -0.3 is 25.0 Å². The Hall–Kier alpha value is -1.22. The molecule has 0 amide bonds. The predicted octanol–water partition coefficient (Wildman–Crippen LogP) is 1.72. The van der Waals surface area contributed by atoms with Gasteiger partial charge in [0.05, 0.1) is 20.3 Å². The first-order chi connectivity index (χ1) is 10.1. The molecule has 0 spiro atoms. The molecule has 126 valence electrons. The third-order valence-electron chi connectivity index (χ3n) is 3.34. The molecule has 1 unspecified atom stereocenters. The number of nitrogens with zero attached hydrogens (tertiary/aromatic N) is 2. The number of guanidine groups is 1. The van der Waals surface area contributed by atoms with Crippen LogP contribution in [0.5, 0.6) is 11.5 Å². The topological polar surface area (TPSA) is 58.1 Å². The van der Waals surface area contributed by atoms with E-state index in [0.717, 1.165) is 29.6 Å². The number of hydrogen-bond acceptors (Lipinski definition) is 4.